The van der Waals surface area contributed by atoms with Crippen LogP contribution in [0.25, 0.3) is 22.2 Å². The number of aryl methyl sites for hydroxylation is 2. The molecule has 0 radical (unpaired) electrons. The Kier molecular flexibility index (Phi) is 6.69. The lowest BCUT2D eigenvalue weighted by molar-refractivity contribution is -0.192. The Bertz CT molecular complexity index is 1440. The minimum Gasteiger partial charge on any atom is -0.475 e. The van der Waals surface area contributed by atoms with Crippen LogP contribution in [0.5, 0.6) is 0 Å². The number of halogens is 3. The van der Waals surface area contributed by atoms with Gasteiger partial charge in [-0.2, -0.15) is 13.2 Å². The number of alkyl halides is 3. The smallest absolute Gasteiger partial charge is 0.475 e. The highest BCUT2D eigenvalue weighted by atomic mass is 19.4. The molecule has 186 valence electrons. The van der Waals surface area contributed by atoms with Crippen LogP contribution in [0.1, 0.15) is 27.2 Å². The van der Waals surface area contributed by atoms with Gasteiger partial charge >= 0.3 is 12.1 Å². The van der Waals surface area contributed by atoms with Gasteiger partial charge in [0.05, 0.1) is 11.1 Å². The molecule has 0 atom stereocenters. The number of aromatic nitrogens is 2. The van der Waals surface area contributed by atoms with Gasteiger partial charge in [-0.15, -0.1) is 0 Å². The lowest BCUT2D eigenvalue weighted by atomic mass is 10.1. The number of hydrogen-bond acceptors (Lipinski definition) is 4. The van der Waals surface area contributed by atoms with Gasteiger partial charge in [-0.3, -0.25) is 4.79 Å². The average Bonchev–Trinajstić information content (AvgIpc) is 3.26. The van der Waals surface area contributed by atoms with Crippen LogP contribution in [0.15, 0.2) is 54.6 Å². The summed E-state index contributed by atoms with van der Waals surface area (Å²) in [5.41, 5.74) is 8.00. The number of fused-ring (bicyclic) bond motifs is 2. The van der Waals surface area contributed by atoms with Crippen LogP contribution < -0.4 is 10.6 Å². The Morgan fingerprint density at radius 1 is 1.03 bits per heavy atom. The van der Waals surface area contributed by atoms with Crippen molar-refractivity contribution >= 4 is 34.3 Å². The van der Waals surface area contributed by atoms with E-state index < -0.39 is 12.1 Å². The number of para-hydroxylation sites is 2. The highest BCUT2D eigenvalue weighted by Gasteiger charge is 2.38. The molecule has 3 heterocycles. The highest BCUT2D eigenvalue weighted by Crippen LogP contribution is 2.31. The summed E-state index contributed by atoms with van der Waals surface area (Å²) in [5.74, 6) is -1.97. The molecular weight excluding hydrogens is 473 g/mol. The molecule has 0 saturated carbocycles. The number of carboxylic acid groups (broad SMARTS) is 1. The van der Waals surface area contributed by atoms with Crippen LogP contribution >= 0.6 is 0 Å². The second-order valence-corrected chi connectivity index (χ2v) is 8.35. The van der Waals surface area contributed by atoms with Gasteiger partial charge in [0.25, 0.3) is 5.91 Å². The number of pyridine rings is 1. The first-order valence-corrected chi connectivity index (χ1v) is 11.1. The number of rotatable bonds is 3. The van der Waals surface area contributed by atoms with Crippen molar-refractivity contribution < 1.29 is 27.9 Å². The number of benzene rings is 2. The van der Waals surface area contributed by atoms with Crippen molar-refractivity contribution in [3.63, 3.8) is 0 Å². The number of H-pyrrole nitrogens is 1. The number of aliphatic carboxylic acids is 1. The average molecular weight is 496 g/mol. The van der Waals surface area contributed by atoms with Crippen molar-refractivity contribution in [1.29, 1.82) is 0 Å². The largest absolute Gasteiger partial charge is 0.490 e. The molecule has 10 heteroatoms. The first-order chi connectivity index (χ1) is 17.0. The maximum atomic E-state index is 12.2. The van der Waals surface area contributed by atoms with Gasteiger partial charge in [0, 0.05) is 41.0 Å². The summed E-state index contributed by atoms with van der Waals surface area (Å²) >= 11 is 0. The quantitative estimate of drug-likeness (QED) is 0.299. The molecule has 2 aromatic heterocycles. The van der Waals surface area contributed by atoms with Crippen LogP contribution in [0, 0.1) is 13.8 Å². The van der Waals surface area contributed by atoms with Crippen LogP contribution in [-0.4, -0.2) is 39.7 Å². The Balaban J connectivity index is 0.000000384. The van der Waals surface area contributed by atoms with Crippen LogP contribution in [0.4, 0.5) is 24.7 Å². The third-order valence-corrected chi connectivity index (χ3v) is 5.79. The molecule has 5 rings (SSSR count). The summed E-state index contributed by atoms with van der Waals surface area (Å²) in [4.78, 5) is 29.4. The zero-order valence-electron chi connectivity index (χ0n) is 19.5. The molecule has 0 aliphatic carbocycles. The fraction of sp³-hybridized carbons (Fsp3) is 0.192. The molecule has 2 aromatic carbocycles. The second kappa shape index (κ2) is 9.73. The van der Waals surface area contributed by atoms with E-state index in [1.165, 1.54) is 11.1 Å². The van der Waals surface area contributed by atoms with Crippen molar-refractivity contribution in [3.8, 4) is 11.3 Å². The monoisotopic (exact) mass is 496 g/mol. The van der Waals surface area contributed by atoms with Crippen molar-refractivity contribution in [2.45, 2.75) is 26.4 Å². The third kappa shape index (κ3) is 5.17. The van der Waals surface area contributed by atoms with E-state index >= 15 is 0 Å². The van der Waals surface area contributed by atoms with E-state index in [0.717, 1.165) is 51.3 Å². The van der Waals surface area contributed by atoms with E-state index in [0.29, 0.717) is 6.54 Å². The molecule has 0 spiro atoms. The topological polar surface area (TPSA) is 107 Å². The molecule has 7 nitrogen and oxygen atoms in total. The maximum absolute atomic E-state index is 12.2. The van der Waals surface area contributed by atoms with Crippen molar-refractivity contribution in [1.82, 2.24) is 15.3 Å². The maximum Gasteiger partial charge on any atom is 0.490 e. The van der Waals surface area contributed by atoms with E-state index in [9.17, 15) is 18.0 Å². The Morgan fingerprint density at radius 2 is 1.69 bits per heavy atom. The Hall–Kier alpha value is -4.34. The van der Waals surface area contributed by atoms with Gasteiger partial charge < -0.3 is 20.7 Å². The molecule has 1 aliphatic heterocycles. The molecule has 1 amide bonds. The first kappa shape index (κ1) is 24.8. The lowest BCUT2D eigenvalue weighted by Crippen LogP contribution is -2.31. The molecule has 0 unspecified atom stereocenters. The summed E-state index contributed by atoms with van der Waals surface area (Å²) in [6, 6.07) is 18.4. The minimum atomic E-state index is -5.08. The van der Waals surface area contributed by atoms with E-state index in [4.69, 9.17) is 14.9 Å². The number of carboxylic acids is 1. The van der Waals surface area contributed by atoms with Crippen molar-refractivity contribution in [2.24, 2.45) is 0 Å². The van der Waals surface area contributed by atoms with Gasteiger partial charge in [0.15, 0.2) is 0 Å². The number of aromatic amines is 1. The standard InChI is InChI=1S/C24H22N4O.C2HF3O2/c1-14-5-3-6-15(2)22(14)27-21-10-9-16-7-4-8-17(23(16)28-21)20-13-18-19(26-20)11-12-25-24(18)29;3-2(4,5)1(6)7/h3-10,13,26H,11-12H2,1-2H3,(H,25,29)(H,27,28);(H,6,7). The van der Waals surface area contributed by atoms with Crippen LogP contribution in [0.3, 0.4) is 0 Å². The molecular formula is C26H23F3N4O3. The molecule has 0 bridgehead atoms. The molecule has 36 heavy (non-hydrogen) atoms. The molecule has 0 fully saturated rings. The van der Waals surface area contributed by atoms with Gasteiger partial charge in [0.2, 0.25) is 0 Å². The second-order valence-electron chi connectivity index (χ2n) is 8.35. The van der Waals surface area contributed by atoms with Crippen molar-refractivity contribution in [3.05, 3.63) is 77.0 Å². The zero-order chi connectivity index (χ0) is 26.0. The van der Waals surface area contributed by atoms with Gasteiger partial charge in [-0.05, 0) is 43.2 Å². The highest BCUT2D eigenvalue weighted by molar-refractivity contribution is 6.00. The van der Waals surface area contributed by atoms with Gasteiger partial charge in [0.1, 0.15) is 5.82 Å². The number of carbonyl (C=O) groups excluding carboxylic acids is 1. The predicted molar refractivity (Wildman–Crippen MR) is 130 cm³/mol. The molecule has 4 N–H and O–H groups in total. The van der Waals surface area contributed by atoms with E-state index in [1.54, 1.807) is 0 Å². The summed E-state index contributed by atoms with van der Waals surface area (Å²) in [6.07, 6.45) is -4.27. The number of nitrogens with one attached hydrogen (secondary N) is 3. The Labute approximate surface area is 204 Å². The number of amides is 1. The number of anilines is 2. The van der Waals surface area contributed by atoms with Gasteiger partial charge in [-0.1, -0.05) is 36.4 Å². The minimum absolute atomic E-state index is 0.0145. The first-order valence-electron chi connectivity index (χ1n) is 11.1. The molecule has 4 aromatic rings. The number of hydrogen-bond donors (Lipinski definition) is 4. The summed E-state index contributed by atoms with van der Waals surface area (Å²) in [7, 11) is 0. The normalized spacial score (nSPS) is 12.9. The summed E-state index contributed by atoms with van der Waals surface area (Å²) in [6.45, 7) is 4.86. The van der Waals surface area contributed by atoms with E-state index in [-0.39, 0.29) is 5.91 Å². The predicted octanol–water partition coefficient (Wildman–Crippen LogP) is 5.51. The van der Waals surface area contributed by atoms with Crippen LogP contribution in [0.2, 0.25) is 0 Å². The lowest BCUT2D eigenvalue weighted by Gasteiger charge is -2.13. The number of nitrogens with zero attached hydrogens (tertiary/aromatic N) is 1. The van der Waals surface area contributed by atoms with Gasteiger partial charge in [-0.25, -0.2) is 9.78 Å². The fourth-order valence-corrected chi connectivity index (χ4v) is 4.01. The zero-order valence-corrected chi connectivity index (χ0v) is 19.5. The number of carbonyl (C=O) groups is 2. The van der Waals surface area contributed by atoms with E-state index in [1.807, 2.05) is 24.3 Å². The van der Waals surface area contributed by atoms with Crippen molar-refractivity contribution in [2.75, 3.05) is 11.9 Å². The SMILES string of the molecule is Cc1cccc(C)c1Nc1ccc2cccc(-c3cc4c([nH]3)CCNC4=O)c2n1.O=C(O)C(F)(F)F. The van der Waals surface area contributed by atoms with E-state index in [2.05, 4.69) is 59.8 Å². The molecule has 1 aliphatic rings. The summed E-state index contributed by atoms with van der Waals surface area (Å²) in [5, 5.41) is 14.6. The third-order valence-electron chi connectivity index (χ3n) is 5.79. The fourth-order valence-electron chi connectivity index (χ4n) is 4.01. The molecule has 0 saturated heterocycles. The Morgan fingerprint density at radius 3 is 2.33 bits per heavy atom. The van der Waals surface area contributed by atoms with Crippen LogP contribution in [-0.2, 0) is 11.2 Å². The summed E-state index contributed by atoms with van der Waals surface area (Å²) < 4.78 is 31.7.